The van der Waals surface area contributed by atoms with E-state index in [1.54, 1.807) is 18.6 Å². The summed E-state index contributed by atoms with van der Waals surface area (Å²) in [6.07, 6.45) is 5.76. The lowest BCUT2D eigenvalue weighted by molar-refractivity contribution is 0.146. The molecule has 2 N–H and O–H groups in total. The van der Waals surface area contributed by atoms with Gasteiger partial charge in [-0.15, -0.1) is 0 Å². The summed E-state index contributed by atoms with van der Waals surface area (Å²) in [5.41, 5.74) is 5.39. The van der Waals surface area contributed by atoms with E-state index in [0.717, 1.165) is 19.5 Å². The predicted molar refractivity (Wildman–Crippen MR) is 68.7 cm³/mol. The van der Waals surface area contributed by atoms with Crippen molar-refractivity contribution in [2.75, 3.05) is 18.5 Å². The van der Waals surface area contributed by atoms with Crippen molar-refractivity contribution in [2.24, 2.45) is 11.8 Å². The number of carbonyl (C=O) groups excluding carboxylic acids is 1. The van der Waals surface area contributed by atoms with Crippen molar-refractivity contribution in [3.05, 3.63) is 18.6 Å². The smallest absolute Gasteiger partial charge is 0.323 e. The molecule has 2 heterocycles. The number of anilines is 1. The highest BCUT2D eigenvalue weighted by molar-refractivity contribution is 5.75. The number of carbonyl (C=O) groups is 1. The zero-order valence-corrected chi connectivity index (χ0v) is 10.8. The van der Waals surface area contributed by atoms with Crippen LogP contribution >= 0.6 is 0 Å². The van der Waals surface area contributed by atoms with Crippen molar-refractivity contribution in [3.8, 4) is 0 Å². The third kappa shape index (κ3) is 3.09. The minimum absolute atomic E-state index is 0.112. The maximum atomic E-state index is 11.9. The van der Waals surface area contributed by atoms with Gasteiger partial charge in [0.15, 0.2) is 5.82 Å². The number of nitrogens with zero attached hydrogens (tertiary/aromatic N) is 3. The predicted octanol–water partition coefficient (Wildman–Crippen LogP) is 1.49. The van der Waals surface area contributed by atoms with Gasteiger partial charge in [0.25, 0.3) is 0 Å². The fraction of sp³-hybridized carbons (Fsp3) is 0.583. The third-order valence-corrected chi connectivity index (χ3v) is 3.48. The summed E-state index contributed by atoms with van der Waals surface area (Å²) in [4.78, 5) is 21.7. The first-order chi connectivity index (χ1) is 8.66. The Bertz CT molecular complexity index is 397. The number of rotatable bonds is 2. The molecule has 2 atom stereocenters. The number of nitrogens with one attached hydrogen (secondary N) is 2. The van der Waals surface area contributed by atoms with Crippen molar-refractivity contribution in [3.63, 3.8) is 0 Å². The molecule has 2 unspecified atom stereocenters. The molecule has 1 aromatic heterocycles. The Morgan fingerprint density at radius 1 is 1.39 bits per heavy atom. The van der Waals surface area contributed by atoms with Gasteiger partial charge in [-0.05, 0) is 18.3 Å². The van der Waals surface area contributed by atoms with Gasteiger partial charge in [0.2, 0.25) is 0 Å². The molecule has 1 fully saturated rings. The van der Waals surface area contributed by atoms with Crippen LogP contribution in [0, 0.1) is 11.8 Å². The molecule has 0 bridgehead atoms. The van der Waals surface area contributed by atoms with E-state index in [4.69, 9.17) is 0 Å². The lowest BCUT2D eigenvalue weighted by Gasteiger charge is -2.35. The zero-order valence-electron chi connectivity index (χ0n) is 10.8. The fourth-order valence-corrected chi connectivity index (χ4v) is 2.01. The Balaban J connectivity index is 1.82. The highest BCUT2D eigenvalue weighted by Gasteiger charge is 2.25. The average Bonchev–Trinajstić information content (AvgIpc) is 2.40. The molecule has 1 saturated heterocycles. The van der Waals surface area contributed by atoms with E-state index in [9.17, 15) is 4.79 Å². The second-order valence-corrected chi connectivity index (χ2v) is 4.84. The van der Waals surface area contributed by atoms with Crippen LogP contribution in [0.3, 0.4) is 0 Å². The Labute approximate surface area is 107 Å². The molecule has 2 amide bonds. The largest absolute Gasteiger partial charge is 0.336 e. The van der Waals surface area contributed by atoms with Gasteiger partial charge in [-0.3, -0.25) is 15.8 Å². The monoisotopic (exact) mass is 249 g/mol. The summed E-state index contributed by atoms with van der Waals surface area (Å²) >= 11 is 0. The van der Waals surface area contributed by atoms with Gasteiger partial charge in [0, 0.05) is 25.5 Å². The molecule has 18 heavy (non-hydrogen) atoms. The first kappa shape index (κ1) is 12.6. The molecule has 6 heteroatoms. The molecule has 0 saturated carbocycles. The molecule has 98 valence electrons. The van der Waals surface area contributed by atoms with Gasteiger partial charge in [-0.2, -0.15) is 0 Å². The van der Waals surface area contributed by atoms with Crippen LogP contribution in [0.4, 0.5) is 10.6 Å². The zero-order chi connectivity index (χ0) is 13.0. The van der Waals surface area contributed by atoms with E-state index in [1.165, 1.54) is 0 Å². The number of hydrogen-bond acceptors (Lipinski definition) is 4. The highest BCUT2D eigenvalue weighted by Crippen LogP contribution is 2.22. The number of piperidine rings is 1. The maximum absolute atomic E-state index is 11.9. The SMILES string of the molecule is CC1CCN(C(=O)NNc2cnccn2)CC1C. The highest BCUT2D eigenvalue weighted by atomic mass is 16.2. The summed E-state index contributed by atoms with van der Waals surface area (Å²) in [6.45, 7) is 6.02. The minimum atomic E-state index is -0.112. The van der Waals surface area contributed by atoms with Gasteiger partial charge in [-0.25, -0.2) is 9.78 Å². The van der Waals surface area contributed by atoms with Crippen LogP contribution in [-0.2, 0) is 0 Å². The van der Waals surface area contributed by atoms with Crippen molar-refractivity contribution in [1.82, 2.24) is 20.3 Å². The summed E-state index contributed by atoms with van der Waals surface area (Å²) in [7, 11) is 0. The Hall–Kier alpha value is -1.85. The second kappa shape index (κ2) is 5.66. The molecular formula is C12H19N5O. The summed E-state index contributed by atoms with van der Waals surface area (Å²) in [5.74, 6) is 1.76. The van der Waals surface area contributed by atoms with Gasteiger partial charge in [0.05, 0.1) is 6.20 Å². The van der Waals surface area contributed by atoms with Crippen LogP contribution in [0.15, 0.2) is 18.6 Å². The van der Waals surface area contributed by atoms with E-state index >= 15 is 0 Å². The molecule has 1 aliphatic heterocycles. The van der Waals surface area contributed by atoms with Crippen LogP contribution < -0.4 is 10.9 Å². The van der Waals surface area contributed by atoms with Gasteiger partial charge < -0.3 is 4.90 Å². The first-order valence-electron chi connectivity index (χ1n) is 6.23. The number of urea groups is 1. The van der Waals surface area contributed by atoms with Gasteiger partial charge in [-0.1, -0.05) is 13.8 Å². The molecule has 0 radical (unpaired) electrons. The van der Waals surface area contributed by atoms with Crippen molar-refractivity contribution in [2.45, 2.75) is 20.3 Å². The number of hydrazine groups is 1. The lowest BCUT2D eigenvalue weighted by atomic mass is 9.89. The molecule has 0 spiro atoms. The van der Waals surface area contributed by atoms with Crippen molar-refractivity contribution >= 4 is 11.8 Å². The van der Waals surface area contributed by atoms with E-state index < -0.39 is 0 Å². The Kier molecular flexibility index (Phi) is 3.96. The van der Waals surface area contributed by atoms with Crippen molar-refractivity contribution < 1.29 is 4.79 Å². The summed E-state index contributed by atoms with van der Waals surface area (Å²) in [5, 5.41) is 0. The van der Waals surface area contributed by atoms with Crippen LogP contribution in [0.25, 0.3) is 0 Å². The van der Waals surface area contributed by atoms with Crippen molar-refractivity contribution in [1.29, 1.82) is 0 Å². The van der Waals surface area contributed by atoms with E-state index in [2.05, 4.69) is 34.7 Å². The minimum Gasteiger partial charge on any atom is -0.323 e. The van der Waals surface area contributed by atoms with Crippen LogP contribution in [-0.4, -0.2) is 34.0 Å². The molecule has 0 aliphatic carbocycles. The van der Waals surface area contributed by atoms with E-state index in [1.807, 2.05) is 4.90 Å². The molecule has 1 aromatic rings. The maximum Gasteiger partial charge on any atom is 0.336 e. The molecular weight excluding hydrogens is 230 g/mol. The summed E-state index contributed by atoms with van der Waals surface area (Å²) in [6, 6.07) is -0.112. The molecule has 2 rings (SSSR count). The van der Waals surface area contributed by atoms with Crippen LogP contribution in [0.1, 0.15) is 20.3 Å². The molecule has 6 nitrogen and oxygen atoms in total. The standard InChI is InChI=1S/C12H19N5O/c1-9-3-6-17(8-10(9)2)12(18)16-15-11-7-13-4-5-14-11/h4-5,7,9-10H,3,6,8H2,1-2H3,(H,14,15)(H,16,18). The lowest BCUT2D eigenvalue weighted by Crippen LogP contribution is -2.48. The summed E-state index contributed by atoms with van der Waals surface area (Å²) < 4.78 is 0. The normalized spacial score (nSPS) is 23.6. The van der Waals surface area contributed by atoms with Gasteiger partial charge in [0.1, 0.15) is 0 Å². The Morgan fingerprint density at radius 2 is 2.22 bits per heavy atom. The number of likely N-dealkylation sites (tertiary alicyclic amines) is 1. The number of amides is 2. The van der Waals surface area contributed by atoms with Crippen LogP contribution in [0.5, 0.6) is 0 Å². The van der Waals surface area contributed by atoms with E-state index in [-0.39, 0.29) is 6.03 Å². The Morgan fingerprint density at radius 3 is 2.89 bits per heavy atom. The second-order valence-electron chi connectivity index (χ2n) is 4.84. The average molecular weight is 249 g/mol. The quantitative estimate of drug-likeness (QED) is 0.779. The van der Waals surface area contributed by atoms with Crippen LogP contribution in [0.2, 0.25) is 0 Å². The van der Waals surface area contributed by atoms with Gasteiger partial charge >= 0.3 is 6.03 Å². The first-order valence-corrected chi connectivity index (χ1v) is 6.23. The number of aromatic nitrogens is 2. The number of hydrogen-bond donors (Lipinski definition) is 2. The molecule has 0 aromatic carbocycles. The topological polar surface area (TPSA) is 70.2 Å². The molecule has 1 aliphatic rings. The van der Waals surface area contributed by atoms with E-state index in [0.29, 0.717) is 17.7 Å². The third-order valence-electron chi connectivity index (χ3n) is 3.48. The fourth-order valence-electron chi connectivity index (χ4n) is 2.01.